The molecule has 2 heterocycles. The molecule has 3 nitrogen and oxygen atoms in total. The van der Waals surface area contributed by atoms with Crippen molar-refractivity contribution in [2.45, 2.75) is 51.4 Å². The van der Waals surface area contributed by atoms with Crippen molar-refractivity contribution < 1.29 is 0 Å². The van der Waals surface area contributed by atoms with Gasteiger partial charge in [0.1, 0.15) is 0 Å². The molecular formula is C13H24ClN3. The second kappa shape index (κ2) is 7.72. The smallest absolute Gasteiger partial charge is 0.0656 e. The highest BCUT2D eigenvalue weighted by atomic mass is 35.5. The number of piperidine rings is 1. The Balaban J connectivity index is 0.00000144. The van der Waals surface area contributed by atoms with Crippen LogP contribution in [0.3, 0.4) is 0 Å². The number of hydrogen-bond acceptors (Lipinski definition) is 2. The van der Waals surface area contributed by atoms with Crippen molar-refractivity contribution >= 4 is 12.4 Å². The number of halogens is 1. The van der Waals surface area contributed by atoms with E-state index in [4.69, 9.17) is 0 Å². The summed E-state index contributed by atoms with van der Waals surface area (Å²) in [5, 5.41) is 11.1. The first-order chi connectivity index (χ1) is 7.90. The lowest BCUT2D eigenvalue weighted by Gasteiger charge is -2.20. The highest BCUT2D eigenvalue weighted by molar-refractivity contribution is 5.85. The van der Waals surface area contributed by atoms with Gasteiger partial charge in [-0.15, -0.1) is 12.4 Å². The van der Waals surface area contributed by atoms with Crippen molar-refractivity contribution in [3.8, 4) is 0 Å². The van der Waals surface area contributed by atoms with E-state index in [1.807, 2.05) is 0 Å². The molecule has 0 atom stereocenters. The normalized spacial score (nSPS) is 16.8. The van der Waals surface area contributed by atoms with Crippen LogP contribution in [-0.2, 0) is 6.42 Å². The molecule has 0 unspecified atom stereocenters. The number of aromatic nitrogens is 2. The summed E-state index contributed by atoms with van der Waals surface area (Å²) in [4.78, 5) is 0. The minimum Gasteiger partial charge on any atom is -0.317 e. The van der Waals surface area contributed by atoms with Crippen LogP contribution in [0, 0.1) is 0 Å². The molecule has 0 radical (unpaired) electrons. The molecule has 2 rings (SSSR count). The van der Waals surface area contributed by atoms with Crippen LogP contribution in [0.15, 0.2) is 6.07 Å². The minimum atomic E-state index is 0. The maximum Gasteiger partial charge on any atom is 0.0656 e. The van der Waals surface area contributed by atoms with Crippen LogP contribution in [0.4, 0.5) is 0 Å². The van der Waals surface area contributed by atoms with E-state index >= 15 is 0 Å². The van der Waals surface area contributed by atoms with Crippen LogP contribution < -0.4 is 5.32 Å². The van der Waals surface area contributed by atoms with Gasteiger partial charge in [0.15, 0.2) is 0 Å². The van der Waals surface area contributed by atoms with Gasteiger partial charge in [0.2, 0.25) is 0 Å². The molecule has 0 bridgehead atoms. The van der Waals surface area contributed by atoms with Crippen molar-refractivity contribution in [1.29, 1.82) is 0 Å². The van der Waals surface area contributed by atoms with E-state index < -0.39 is 0 Å². The monoisotopic (exact) mass is 257 g/mol. The largest absolute Gasteiger partial charge is 0.317 e. The van der Waals surface area contributed by atoms with Crippen molar-refractivity contribution in [1.82, 2.24) is 15.5 Å². The molecule has 2 N–H and O–H groups in total. The Bertz CT molecular complexity index is 305. The van der Waals surface area contributed by atoms with Gasteiger partial charge in [-0.05, 0) is 44.8 Å². The summed E-state index contributed by atoms with van der Waals surface area (Å²) in [6.45, 7) is 4.53. The average Bonchev–Trinajstić information content (AvgIpc) is 2.79. The zero-order chi connectivity index (χ0) is 11.2. The molecule has 0 spiro atoms. The van der Waals surface area contributed by atoms with Crippen LogP contribution in [0.25, 0.3) is 0 Å². The van der Waals surface area contributed by atoms with E-state index in [0.29, 0.717) is 5.92 Å². The van der Waals surface area contributed by atoms with E-state index in [1.54, 1.807) is 0 Å². The van der Waals surface area contributed by atoms with Crippen molar-refractivity contribution in [2.24, 2.45) is 0 Å². The minimum absolute atomic E-state index is 0. The molecule has 98 valence electrons. The van der Waals surface area contributed by atoms with Crippen molar-refractivity contribution in [3.05, 3.63) is 17.5 Å². The Kier molecular flexibility index (Phi) is 6.60. The Morgan fingerprint density at radius 2 is 2.06 bits per heavy atom. The summed E-state index contributed by atoms with van der Waals surface area (Å²) in [5.41, 5.74) is 2.61. The van der Waals surface area contributed by atoms with Gasteiger partial charge in [-0.2, -0.15) is 5.10 Å². The van der Waals surface area contributed by atoms with Crippen LogP contribution in [0.5, 0.6) is 0 Å². The van der Waals surface area contributed by atoms with Gasteiger partial charge in [0.25, 0.3) is 0 Å². The summed E-state index contributed by atoms with van der Waals surface area (Å²) in [6, 6.07) is 2.28. The number of rotatable bonds is 5. The maximum atomic E-state index is 4.47. The summed E-state index contributed by atoms with van der Waals surface area (Å²) in [7, 11) is 0. The second-order valence-electron chi connectivity index (χ2n) is 4.80. The Morgan fingerprint density at radius 1 is 1.29 bits per heavy atom. The van der Waals surface area contributed by atoms with E-state index in [-0.39, 0.29) is 12.4 Å². The number of unbranched alkanes of at least 4 members (excludes halogenated alkanes) is 2. The molecule has 1 aromatic heterocycles. The average molecular weight is 258 g/mol. The van der Waals surface area contributed by atoms with E-state index in [0.717, 1.165) is 19.5 Å². The van der Waals surface area contributed by atoms with Gasteiger partial charge in [0, 0.05) is 11.6 Å². The van der Waals surface area contributed by atoms with Gasteiger partial charge in [-0.1, -0.05) is 19.8 Å². The van der Waals surface area contributed by atoms with Crippen LogP contribution in [-0.4, -0.2) is 23.3 Å². The number of aryl methyl sites for hydroxylation is 1. The standard InChI is InChI=1S/C13H23N3.ClH/c1-2-3-4-5-12-10-13(16-15-12)11-6-8-14-9-7-11;/h10-11,14H,2-9H2,1H3,(H,15,16);1H. The third kappa shape index (κ3) is 4.32. The third-order valence-electron chi connectivity index (χ3n) is 3.46. The van der Waals surface area contributed by atoms with Gasteiger partial charge < -0.3 is 5.32 Å². The molecule has 0 aromatic carbocycles. The molecule has 1 fully saturated rings. The summed E-state index contributed by atoms with van der Waals surface area (Å²) < 4.78 is 0. The van der Waals surface area contributed by atoms with Crippen molar-refractivity contribution in [2.75, 3.05) is 13.1 Å². The molecule has 17 heavy (non-hydrogen) atoms. The number of nitrogens with one attached hydrogen (secondary N) is 2. The first-order valence-electron chi connectivity index (χ1n) is 6.65. The molecule has 4 heteroatoms. The molecule has 0 aliphatic carbocycles. The first-order valence-corrected chi connectivity index (χ1v) is 6.65. The fourth-order valence-corrected chi connectivity index (χ4v) is 2.40. The molecule has 1 aliphatic rings. The van der Waals surface area contributed by atoms with Gasteiger partial charge >= 0.3 is 0 Å². The first kappa shape index (κ1) is 14.5. The molecule has 0 amide bonds. The highest BCUT2D eigenvalue weighted by Crippen LogP contribution is 2.24. The lowest BCUT2D eigenvalue weighted by atomic mass is 9.94. The number of H-pyrrole nitrogens is 1. The Labute approximate surface area is 110 Å². The van der Waals surface area contributed by atoms with Crippen LogP contribution in [0.1, 0.15) is 56.3 Å². The summed E-state index contributed by atoms with van der Waals surface area (Å²) in [5.74, 6) is 0.678. The lowest BCUT2D eigenvalue weighted by Crippen LogP contribution is -2.26. The van der Waals surface area contributed by atoms with E-state index in [9.17, 15) is 0 Å². The highest BCUT2D eigenvalue weighted by Gasteiger charge is 2.17. The fraction of sp³-hybridized carbons (Fsp3) is 0.769. The zero-order valence-corrected chi connectivity index (χ0v) is 11.5. The summed E-state index contributed by atoms with van der Waals surface area (Å²) >= 11 is 0. The number of aromatic amines is 1. The maximum absolute atomic E-state index is 4.47. The van der Waals surface area contributed by atoms with Crippen LogP contribution >= 0.6 is 12.4 Å². The zero-order valence-electron chi connectivity index (χ0n) is 10.7. The third-order valence-corrected chi connectivity index (χ3v) is 3.46. The predicted octanol–water partition coefficient (Wildman–Crippen LogP) is 3.03. The van der Waals surface area contributed by atoms with Gasteiger partial charge in [0.05, 0.1) is 5.69 Å². The van der Waals surface area contributed by atoms with E-state index in [2.05, 4.69) is 28.5 Å². The molecular weight excluding hydrogens is 234 g/mol. The van der Waals surface area contributed by atoms with Gasteiger partial charge in [-0.25, -0.2) is 0 Å². The molecule has 1 saturated heterocycles. The molecule has 1 aliphatic heterocycles. The second-order valence-corrected chi connectivity index (χ2v) is 4.80. The molecule has 0 saturated carbocycles. The van der Waals surface area contributed by atoms with Crippen LogP contribution in [0.2, 0.25) is 0 Å². The predicted molar refractivity (Wildman–Crippen MR) is 73.9 cm³/mol. The Morgan fingerprint density at radius 3 is 2.76 bits per heavy atom. The lowest BCUT2D eigenvalue weighted by molar-refractivity contribution is 0.453. The molecule has 1 aromatic rings. The summed E-state index contributed by atoms with van der Waals surface area (Å²) in [6.07, 6.45) is 7.52. The quantitative estimate of drug-likeness (QED) is 0.796. The number of nitrogens with zero attached hydrogens (tertiary/aromatic N) is 1. The van der Waals surface area contributed by atoms with E-state index in [1.165, 1.54) is 43.5 Å². The van der Waals surface area contributed by atoms with Crippen molar-refractivity contribution in [3.63, 3.8) is 0 Å². The van der Waals surface area contributed by atoms with Gasteiger partial charge in [-0.3, -0.25) is 5.10 Å². The topological polar surface area (TPSA) is 40.7 Å². The Hall–Kier alpha value is -0.540. The SMILES string of the molecule is CCCCCc1cc(C2CCNCC2)n[nH]1.Cl. The fourth-order valence-electron chi connectivity index (χ4n) is 2.40. The number of hydrogen-bond donors (Lipinski definition) is 2.